The van der Waals surface area contributed by atoms with Crippen LogP contribution in [0.25, 0.3) is 0 Å². The summed E-state index contributed by atoms with van der Waals surface area (Å²) < 4.78 is 0. The number of hydrogen-bond donors (Lipinski definition) is 1. The van der Waals surface area contributed by atoms with Gasteiger partial charge in [0, 0.05) is 13.0 Å². The first-order valence-corrected chi connectivity index (χ1v) is 18.9. The Kier molecular flexibility index (Phi) is 32.2. The van der Waals surface area contributed by atoms with Crippen molar-refractivity contribution in [3.8, 4) is 0 Å². The zero-order chi connectivity index (χ0) is 33.9. The van der Waals surface area contributed by atoms with Crippen LogP contribution in [0.15, 0.2) is 60.8 Å². The maximum absolute atomic E-state index is 13.3. The standard InChI is InChI=1S/C41H73N3O2/c1-5-7-9-11-13-15-17-19-21-23-25-27-29-31-33-36-40(45)44(38-34-37-43(3)4)39(41(42)46)35-32-30-28-26-24-22-20-18-16-14-12-10-8-6-2/h7,9,13-16,19-22,39H,5-6,8,10-12,17-18,23-38H2,1-4H3,(H2,42,46)/b9-7-,15-13-,16-14-,21-19-,22-20-. The molecule has 0 spiro atoms. The second-order valence-corrected chi connectivity index (χ2v) is 12.9. The van der Waals surface area contributed by atoms with E-state index in [1.807, 2.05) is 19.0 Å². The minimum absolute atomic E-state index is 0.0910. The molecule has 2 N–H and O–H groups in total. The highest BCUT2D eigenvalue weighted by atomic mass is 16.2. The molecule has 0 aliphatic carbocycles. The van der Waals surface area contributed by atoms with Crippen LogP contribution in [0.5, 0.6) is 0 Å². The molecule has 0 aromatic carbocycles. The third kappa shape index (κ3) is 29.0. The molecule has 0 rings (SSSR count). The van der Waals surface area contributed by atoms with Crippen LogP contribution in [-0.4, -0.2) is 54.8 Å². The van der Waals surface area contributed by atoms with Crippen LogP contribution in [0.4, 0.5) is 0 Å². The number of hydrogen-bond acceptors (Lipinski definition) is 3. The maximum Gasteiger partial charge on any atom is 0.240 e. The van der Waals surface area contributed by atoms with Crippen molar-refractivity contribution in [3.05, 3.63) is 60.8 Å². The molecule has 0 heterocycles. The topological polar surface area (TPSA) is 66.6 Å². The predicted molar refractivity (Wildman–Crippen MR) is 202 cm³/mol. The molecule has 0 saturated carbocycles. The van der Waals surface area contributed by atoms with E-state index < -0.39 is 6.04 Å². The molecule has 0 bridgehead atoms. The lowest BCUT2D eigenvalue weighted by atomic mass is 10.0. The van der Waals surface area contributed by atoms with Crippen molar-refractivity contribution < 1.29 is 9.59 Å². The number of carbonyl (C=O) groups excluding carboxylic acids is 2. The van der Waals surface area contributed by atoms with Gasteiger partial charge in [-0.05, 0) is 104 Å². The predicted octanol–water partition coefficient (Wildman–Crippen LogP) is 10.6. The number of nitrogens with two attached hydrogens (primary N) is 1. The molecular weight excluding hydrogens is 566 g/mol. The van der Waals surface area contributed by atoms with Crippen molar-refractivity contribution in [3.63, 3.8) is 0 Å². The van der Waals surface area contributed by atoms with E-state index in [0.717, 1.165) is 96.4 Å². The SMILES string of the molecule is CC/C=C\C/C=C\C/C=C\CCCCCCCC(=O)N(CCCN(C)C)C(CCCCCC/C=C\C/C=C\CCCCC)C(N)=O. The number of carbonyl (C=O) groups is 2. The monoisotopic (exact) mass is 640 g/mol. The molecule has 46 heavy (non-hydrogen) atoms. The average molecular weight is 640 g/mol. The molecule has 2 amide bonds. The number of unbranched alkanes of at least 4 members (excludes halogenated alkanes) is 12. The summed E-state index contributed by atoms with van der Waals surface area (Å²) in [5, 5.41) is 0. The van der Waals surface area contributed by atoms with Crippen molar-refractivity contribution in [2.45, 2.75) is 161 Å². The fraction of sp³-hybridized carbons (Fsp3) is 0.707. The Morgan fingerprint density at radius 3 is 1.57 bits per heavy atom. The lowest BCUT2D eigenvalue weighted by Gasteiger charge is -2.30. The van der Waals surface area contributed by atoms with Gasteiger partial charge in [0.2, 0.25) is 11.8 Å². The lowest BCUT2D eigenvalue weighted by molar-refractivity contribution is -0.139. The molecule has 0 radical (unpaired) electrons. The molecule has 5 heteroatoms. The summed E-state index contributed by atoms with van der Waals surface area (Å²) in [4.78, 5) is 29.8. The normalized spacial score (nSPS) is 13.1. The smallest absolute Gasteiger partial charge is 0.240 e. The van der Waals surface area contributed by atoms with Crippen LogP contribution in [-0.2, 0) is 9.59 Å². The Balaban J connectivity index is 4.39. The van der Waals surface area contributed by atoms with Gasteiger partial charge in [-0.25, -0.2) is 0 Å². The first-order valence-electron chi connectivity index (χ1n) is 18.9. The summed E-state index contributed by atoms with van der Waals surface area (Å²) in [5.74, 6) is -0.269. The zero-order valence-corrected chi connectivity index (χ0v) is 30.6. The molecule has 1 atom stereocenters. The van der Waals surface area contributed by atoms with E-state index in [4.69, 9.17) is 5.73 Å². The molecule has 0 aromatic rings. The Labute approximate surface area is 285 Å². The van der Waals surface area contributed by atoms with Crippen LogP contribution in [0.2, 0.25) is 0 Å². The maximum atomic E-state index is 13.3. The average Bonchev–Trinajstić information content (AvgIpc) is 3.03. The van der Waals surface area contributed by atoms with Gasteiger partial charge in [-0.1, -0.05) is 126 Å². The van der Waals surface area contributed by atoms with E-state index in [9.17, 15) is 9.59 Å². The van der Waals surface area contributed by atoms with Gasteiger partial charge in [-0.2, -0.15) is 0 Å². The van der Waals surface area contributed by atoms with Gasteiger partial charge in [0.05, 0.1) is 0 Å². The van der Waals surface area contributed by atoms with E-state index in [0.29, 0.717) is 19.4 Å². The van der Waals surface area contributed by atoms with E-state index in [-0.39, 0.29) is 11.8 Å². The summed E-state index contributed by atoms with van der Waals surface area (Å²) in [6.07, 6.45) is 45.8. The van der Waals surface area contributed by atoms with Crippen LogP contribution in [0.1, 0.15) is 155 Å². The molecule has 0 fully saturated rings. The molecule has 5 nitrogen and oxygen atoms in total. The minimum Gasteiger partial charge on any atom is -0.368 e. The molecular formula is C41H73N3O2. The third-order valence-corrected chi connectivity index (χ3v) is 8.25. The first-order chi connectivity index (χ1) is 22.4. The summed E-state index contributed by atoms with van der Waals surface area (Å²) in [7, 11) is 4.08. The largest absolute Gasteiger partial charge is 0.368 e. The van der Waals surface area contributed by atoms with Crippen LogP contribution in [0.3, 0.4) is 0 Å². The number of primary amides is 1. The second-order valence-electron chi connectivity index (χ2n) is 12.9. The Morgan fingerprint density at radius 1 is 0.565 bits per heavy atom. The molecule has 0 saturated heterocycles. The molecule has 0 aliphatic rings. The summed E-state index contributed by atoms with van der Waals surface area (Å²) in [6.45, 7) is 5.88. The summed E-state index contributed by atoms with van der Waals surface area (Å²) in [5.41, 5.74) is 5.88. The molecule has 0 aliphatic heterocycles. The van der Waals surface area contributed by atoms with E-state index in [1.54, 1.807) is 0 Å². The fourth-order valence-corrected chi connectivity index (χ4v) is 5.47. The van der Waals surface area contributed by atoms with E-state index >= 15 is 0 Å². The summed E-state index contributed by atoms with van der Waals surface area (Å²) in [6, 6.07) is -0.492. The van der Waals surface area contributed by atoms with Crippen molar-refractivity contribution in [2.24, 2.45) is 5.73 Å². The Hall–Kier alpha value is -2.40. The van der Waals surface area contributed by atoms with Crippen molar-refractivity contribution in [1.82, 2.24) is 9.80 Å². The van der Waals surface area contributed by atoms with Gasteiger partial charge < -0.3 is 15.5 Å². The third-order valence-electron chi connectivity index (χ3n) is 8.25. The molecule has 264 valence electrons. The number of amides is 2. The van der Waals surface area contributed by atoms with E-state index in [2.05, 4.69) is 79.5 Å². The zero-order valence-electron chi connectivity index (χ0n) is 30.6. The van der Waals surface area contributed by atoms with Gasteiger partial charge in [0.15, 0.2) is 0 Å². The van der Waals surface area contributed by atoms with Gasteiger partial charge in [0.1, 0.15) is 6.04 Å². The quantitative estimate of drug-likeness (QED) is 0.0588. The van der Waals surface area contributed by atoms with Gasteiger partial charge in [0.25, 0.3) is 0 Å². The van der Waals surface area contributed by atoms with Crippen molar-refractivity contribution in [2.75, 3.05) is 27.2 Å². The highest BCUT2D eigenvalue weighted by Crippen LogP contribution is 2.16. The highest BCUT2D eigenvalue weighted by Gasteiger charge is 2.27. The Morgan fingerprint density at radius 2 is 1.04 bits per heavy atom. The minimum atomic E-state index is -0.492. The van der Waals surface area contributed by atoms with Gasteiger partial charge in [-0.3, -0.25) is 9.59 Å². The first kappa shape index (κ1) is 43.6. The van der Waals surface area contributed by atoms with Crippen LogP contribution in [0, 0.1) is 0 Å². The number of allylic oxidation sites excluding steroid dienone is 10. The highest BCUT2D eigenvalue weighted by molar-refractivity contribution is 5.86. The summed E-state index contributed by atoms with van der Waals surface area (Å²) >= 11 is 0. The van der Waals surface area contributed by atoms with Gasteiger partial charge in [-0.15, -0.1) is 0 Å². The van der Waals surface area contributed by atoms with Gasteiger partial charge >= 0.3 is 0 Å². The molecule has 1 unspecified atom stereocenters. The van der Waals surface area contributed by atoms with Crippen molar-refractivity contribution >= 4 is 11.8 Å². The van der Waals surface area contributed by atoms with Crippen LogP contribution >= 0.6 is 0 Å². The van der Waals surface area contributed by atoms with Crippen molar-refractivity contribution in [1.29, 1.82) is 0 Å². The van der Waals surface area contributed by atoms with E-state index in [1.165, 1.54) is 38.5 Å². The molecule has 0 aromatic heterocycles. The number of nitrogens with zero attached hydrogens (tertiary/aromatic N) is 2. The van der Waals surface area contributed by atoms with Crippen LogP contribution < -0.4 is 5.73 Å². The second kappa shape index (κ2) is 33.9. The number of rotatable bonds is 32. The Bertz CT molecular complexity index is 856. The lowest BCUT2D eigenvalue weighted by Crippen LogP contribution is -2.48. The fourth-order valence-electron chi connectivity index (χ4n) is 5.47.